The lowest BCUT2D eigenvalue weighted by molar-refractivity contribution is 0.0712. The number of piperidine rings is 1. The third-order valence-electron chi connectivity index (χ3n) is 6.06. The molecule has 4 fully saturated rings. The van der Waals surface area contributed by atoms with Crippen molar-refractivity contribution in [2.24, 2.45) is 11.8 Å². The van der Waals surface area contributed by atoms with Crippen LogP contribution >= 0.6 is 0 Å². The predicted molar refractivity (Wildman–Crippen MR) is 89.3 cm³/mol. The SMILES string of the molecule is CCc1cc(C(=O)N2C[C@H]3CC[C@@H](C2)N(CC2CCC2)C3)n[nH]1. The quantitative estimate of drug-likeness (QED) is 0.927. The monoisotopic (exact) mass is 316 g/mol. The van der Waals surface area contributed by atoms with Crippen molar-refractivity contribution < 1.29 is 4.79 Å². The maximum Gasteiger partial charge on any atom is 0.274 e. The van der Waals surface area contributed by atoms with Gasteiger partial charge in [-0.25, -0.2) is 0 Å². The van der Waals surface area contributed by atoms with Gasteiger partial charge < -0.3 is 4.90 Å². The van der Waals surface area contributed by atoms with Gasteiger partial charge in [0.2, 0.25) is 0 Å². The summed E-state index contributed by atoms with van der Waals surface area (Å²) in [5, 5.41) is 7.19. The van der Waals surface area contributed by atoms with Crippen molar-refractivity contribution in [1.29, 1.82) is 0 Å². The molecule has 5 heteroatoms. The number of hydrogen-bond acceptors (Lipinski definition) is 3. The van der Waals surface area contributed by atoms with E-state index in [9.17, 15) is 4.79 Å². The lowest BCUT2D eigenvalue weighted by Crippen LogP contribution is -2.47. The zero-order valence-electron chi connectivity index (χ0n) is 14.1. The molecule has 0 spiro atoms. The van der Waals surface area contributed by atoms with Crippen molar-refractivity contribution in [2.45, 2.75) is 51.5 Å². The third kappa shape index (κ3) is 3.03. The van der Waals surface area contributed by atoms with E-state index in [-0.39, 0.29) is 5.91 Å². The van der Waals surface area contributed by atoms with Gasteiger partial charge in [-0.05, 0) is 50.0 Å². The fraction of sp³-hybridized carbons (Fsp3) is 0.778. The highest BCUT2D eigenvalue weighted by Gasteiger charge is 2.38. The molecule has 1 amide bonds. The van der Waals surface area contributed by atoms with Crippen LogP contribution < -0.4 is 0 Å². The van der Waals surface area contributed by atoms with Crippen LogP contribution in [-0.2, 0) is 6.42 Å². The van der Waals surface area contributed by atoms with E-state index in [0.29, 0.717) is 17.7 Å². The number of H-pyrrole nitrogens is 1. The minimum atomic E-state index is 0.114. The van der Waals surface area contributed by atoms with Crippen molar-refractivity contribution in [1.82, 2.24) is 20.0 Å². The Morgan fingerprint density at radius 1 is 1.26 bits per heavy atom. The van der Waals surface area contributed by atoms with Crippen LogP contribution in [-0.4, -0.2) is 58.1 Å². The zero-order chi connectivity index (χ0) is 15.8. The molecule has 5 rings (SSSR count). The molecule has 1 aromatic rings. The van der Waals surface area contributed by atoms with Crippen LogP contribution in [0.5, 0.6) is 0 Å². The van der Waals surface area contributed by atoms with Crippen LogP contribution in [0.2, 0.25) is 0 Å². The number of aromatic amines is 1. The first kappa shape index (κ1) is 15.2. The molecule has 0 radical (unpaired) electrons. The van der Waals surface area contributed by atoms with Crippen LogP contribution in [0, 0.1) is 11.8 Å². The van der Waals surface area contributed by atoms with E-state index in [1.54, 1.807) is 0 Å². The number of carbonyl (C=O) groups is 1. The van der Waals surface area contributed by atoms with Gasteiger partial charge in [-0.1, -0.05) is 13.3 Å². The molecule has 4 heterocycles. The van der Waals surface area contributed by atoms with Gasteiger partial charge in [0.15, 0.2) is 0 Å². The highest BCUT2D eigenvalue weighted by molar-refractivity contribution is 5.92. The Balaban J connectivity index is 1.45. The summed E-state index contributed by atoms with van der Waals surface area (Å²) in [4.78, 5) is 17.6. The first-order valence-electron chi connectivity index (χ1n) is 9.30. The smallest absolute Gasteiger partial charge is 0.274 e. The standard InChI is InChI=1S/C18H28N4O/c1-2-15-8-17(20-19-15)18(23)22-11-14-6-7-16(12-22)21(10-14)9-13-4-3-5-13/h8,13-14,16H,2-7,9-12H2,1H3,(H,19,20)/t14-,16-/m0/s1. The van der Waals surface area contributed by atoms with E-state index in [0.717, 1.165) is 31.1 Å². The van der Waals surface area contributed by atoms with Crippen molar-refractivity contribution >= 4 is 5.91 Å². The van der Waals surface area contributed by atoms with Crippen LogP contribution in [0.3, 0.4) is 0 Å². The van der Waals surface area contributed by atoms with E-state index in [4.69, 9.17) is 0 Å². The number of aromatic nitrogens is 2. The Morgan fingerprint density at radius 3 is 2.83 bits per heavy atom. The number of aryl methyl sites for hydroxylation is 1. The number of carbonyl (C=O) groups excluding carboxylic acids is 1. The highest BCUT2D eigenvalue weighted by atomic mass is 16.2. The first-order chi connectivity index (χ1) is 11.2. The number of nitrogens with one attached hydrogen (secondary N) is 1. The van der Waals surface area contributed by atoms with Crippen molar-refractivity contribution in [2.75, 3.05) is 26.2 Å². The van der Waals surface area contributed by atoms with Crippen LogP contribution in [0.4, 0.5) is 0 Å². The average molecular weight is 316 g/mol. The second-order valence-electron chi connectivity index (χ2n) is 7.69. The molecule has 3 saturated heterocycles. The molecule has 23 heavy (non-hydrogen) atoms. The Labute approximate surface area is 138 Å². The van der Waals surface area contributed by atoms with E-state index in [2.05, 4.69) is 26.9 Å². The van der Waals surface area contributed by atoms with Gasteiger partial charge in [-0.3, -0.25) is 14.8 Å². The average Bonchev–Trinajstić information content (AvgIpc) is 2.82. The van der Waals surface area contributed by atoms with Gasteiger partial charge in [0.1, 0.15) is 5.69 Å². The molecular formula is C18H28N4O. The van der Waals surface area contributed by atoms with Gasteiger partial charge in [0.25, 0.3) is 5.91 Å². The lowest BCUT2D eigenvalue weighted by Gasteiger charge is -2.40. The van der Waals surface area contributed by atoms with Gasteiger partial charge in [0, 0.05) is 37.9 Å². The maximum atomic E-state index is 12.8. The third-order valence-corrected chi connectivity index (χ3v) is 6.06. The Morgan fingerprint density at radius 2 is 2.13 bits per heavy atom. The second kappa shape index (κ2) is 6.27. The van der Waals surface area contributed by atoms with Crippen molar-refractivity contribution in [3.63, 3.8) is 0 Å². The molecular weight excluding hydrogens is 288 g/mol. The molecule has 1 N–H and O–H groups in total. The molecule has 1 aliphatic carbocycles. The van der Waals surface area contributed by atoms with Gasteiger partial charge >= 0.3 is 0 Å². The lowest BCUT2D eigenvalue weighted by atomic mass is 9.83. The molecule has 2 bridgehead atoms. The number of fused-ring (bicyclic) bond motifs is 4. The van der Waals surface area contributed by atoms with E-state index in [1.807, 2.05) is 6.07 Å². The fourth-order valence-corrected chi connectivity index (χ4v) is 4.39. The summed E-state index contributed by atoms with van der Waals surface area (Å²) in [6, 6.07) is 2.48. The molecule has 1 saturated carbocycles. The fourth-order valence-electron chi connectivity index (χ4n) is 4.39. The zero-order valence-corrected chi connectivity index (χ0v) is 14.1. The van der Waals surface area contributed by atoms with E-state index < -0.39 is 0 Å². The Bertz CT molecular complexity index is 565. The summed E-state index contributed by atoms with van der Waals surface area (Å²) in [6.45, 7) is 6.31. The topological polar surface area (TPSA) is 52.2 Å². The first-order valence-corrected chi connectivity index (χ1v) is 9.30. The number of nitrogens with zero attached hydrogens (tertiary/aromatic N) is 3. The van der Waals surface area contributed by atoms with Crippen LogP contribution in [0.15, 0.2) is 6.07 Å². The predicted octanol–water partition coefficient (Wildman–Crippen LogP) is 2.31. The molecule has 126 valence electrons. The van der Waals surface area contributed by atoms with Crippen molar-refractivity contribution in [3.05, 3.63) is 17.5 Å². The van der Waals surface area contributed by atoms with Gasteiger partial charge in [-0.15, -0.1) is 0 Å². The summed E-state index contributed by atoms with van der Waals surface area (Å²) in [5.74, 6) is 1.67. The summed E-state index contributed by atoms with van der Waals surface area (Å²) in [5.41, 5.74) is 1.63. The highest BCUT2D eigenvalue weighted by Crippen LogP contribution is 2.33. The van der Waals surface area contributed by atoms with Crippen LogP contribution in [0.1, 0.15) is 55.2 Å². The summed E-state index contributed by atoms with van der Waals surface area (Å²) >= 11 is 0. The summed E-state index contributed by atoms with van der Waals surface area (Å²) in [6.07, 6.45) is 7.64. The Kier molecular flexibility index (Phi) is 4.14. The summed E-state index contributed by atoms with van der Waals surface area (Å²) < 4.78 is 0. The van der Waals surface area contributed by atoms with Crippen LogP contribution in [0.25, 0.3) is 0 Å². The number of amides is 1. The molecule has 2 atom stereocenters. The second-order valence-corrected chi connectivity index (χ2v) is 7.69. The van der Waals surface area contributed by atoms with E-state index in [1.165, 1.54) is 45.2 Å². The molecule has 0 aromatic carbocycles. The summed E-state index contributed by atoms with van der Waals surface area (Å²) in [7, 11) is 0. The molecule has 4 aliphatic rings. The minimum absolute atomic E-state index is 0.114. The number of hydrogen-bond donors (Lipinski definition) is 1. The van der Waals surface area contributed by atoms with E-state index >= 15 is 0 Å². The normalized spacial score (nSPS) is 28.7. The minimum Gasteiger partial charge on any atom is -0.335 e. The molecule has 1 aromatic heterocycles. The van der Waals surface area contributed by atoms with Gasteiger partial charge in [-0.2, -0.15) is 5.10 Å². The maximum absolute atomic E-state index is 12.8. The Hall–Kier alpha value is -1.36. The molecule has 5 nitrogen and oxygen atoms in total. The van der Waals surface area contributed by atoms with Crippen molar-refractivity contribution in [3.8, 4) is 0 Å². The number of rotatable bonds is 4. The largest absolute Gasteiger partial charge is 0.335 e. The van der Waals surface area contributed by atoms with Gasteiger partial charge in [0.05, 0.1) is 0 Å². The molecule has 0 unspecified atom stereocenters. The molecule has 3 aliphatic heterocycles.